The highest BCUT2D eigenvalue weighted by Gasteiger charge is 2.48. The molecule has 0 aromatic heterocycles. The Morgan fingerprint density at radius 1 is 0.743 bits per heavy atom. The number of nitrogens with zero attached hydrogens (tertiary/aromatic N) is 6. The fourth-order valence-electron chi connectivity index (χ4n) is 16.5. The summed E-state index contributed by atoms with van der Waals surface area (Å²) in [5, 5.41) is 28.1. The number of carbonyl (C=O) groups excluding carboxylic acids is 5. The molecule has 4 N–H and O–H groups in total. The van der Waals surface area contributed by atoms with Crippen molar-refractivity contribution in [3.8, 4) is 17.6 Å². The van der Waals surface area contributed by atoms with Crippen LogP contribution in [0.2, 0.25) is 0 Å². The quantitative estimate of drug-likeness (QED) is 0.0185. The van der Waals surface area contributed by atoms with E-state index in [1.807, 2.05) is 61.7 Å². The van der Waals surface area contributed by atoms with Crippen LogP contribution in [0.1, 0.15) is 153 Å². The van der Waals surface area contributed by atoms with Crippen LogP contribution in [0.4, 0.5) is 22.7 Å². The molecule has 3 aliphatic carbocycles. The maximum Gasteiger partial charge on any atom is 0.254 e. The molecule has 19 heteroatoms. The average Bonchev–Trinajstić information content (AvgIpc) is 0.693. The van der Waals surface area contributed by atoms with Crippen LogP contribution in [0.5, 0.6) is 5.75 Å². The number of phenolic OH excluding ortho intramolecular Hbond substituents is 1. The molecule has 3 atom stereocenters. The topological polar surface area (TPSA) is 216 Å². The third-order valence-corrected chi connectivity index (χ3v) is 21.6. The van der Waals surface area contributed by atoms with Gasteiger partial charge in [-0.3, -0.25) is 28.9 Å². The number of piperidine rings is 1. The second-order valence-corrected chi connectivity index (χ2v) is 29.6. The number of phenols is 1. The van der Waals surface area contributed by atoms with E-state index < -0.39 is 0 Å². The molecule has 3 unspecified atom stereocenters. The largest absolute Gasteiger partial charge is 0.506 e. The van der Waals surface area contributed by atoms with Gasteiger partial charge in [-0.05, 0) is 194 Å². The highest BCUT2D eigenvalue weighted by molar-refractivity contribution is 6.04. The molecular weight excluding hydrogens is 1320 g/mol. The number of fused-ring (bicyclic) bond motifs is 6. The van der Waals surface area contributed by atoms with E-state index in [1.165, 1.54) is 50.2 Å². The van der Waals surface area contributed by atoms with Crippen molar-refractivity contribution in [1.29, 1.82) is 0 Å². The molecule has 7 aliphatic rings. The van der Waals surface area contributed by atoms with Crippen LogP contribution in [-0.4, -0.2) is 168 Å². The summed E-state index contributed by atoms with van der Waals surface area (Å²) in [5.74, 6) is 6.34. The lowest BCUT2D eigenvalue weighted by Gasteiger charge is -2.53. The number of aromatic hydroxyl groups is 1. The predicted octanol–water partition coefficient (Wildman–Crippen LogP) is 12.8. The Hall–Kier alpha value is -9.29. The van der Waals surface area contributed by atoms with E-state index in [0.717, 1.165) is 86.1 Å². The normalized spacial score (nSPS) is 18.8. The van der Waals surface area contributed by atoms with E-state index in [0.29, 0.717) is 108 Å². The molecule has 0 radical (unpaired) electrons. The first-order valence-corrected chi connectivity index (χ1v) is 37.9. The van der Waals surface area contributed by atoms with Gasteiger partial charge in [0.2, 0.25) is 17.7 Å². The van der Waals surface area contributed by atoms with Gasteiger partial charge in [-0.25, -0.2) is 0 Å². The number of likely N-dealkylation sites (N-methyl/N-ethyl adjacent to an activating group) is 1. The van der Waals surface area contributed by atoms with Crippen LogP contribution in [0, 0.1) is 23.7 Å². The van der Waals surface area contributed by atoms with Gasteiger partial charge in [0.05, 0.1) is 70.3 Å². The summed E-state index contributed by atoms with van der Waals surface area (Å²) in [6.07, 6.45) is 19.1. The molecule has 5 aromatic rings. The molecule has 1 saturated heterocycles. The maximum absolute atomic E-state index is 14.9. The van der Waals surface area contributed by atoms with Crippen LogP contribution < -0.4 is 25.8 Å². The monoisotopic (exact) mass is 1420 g/mol. The van der Waals surface area contributed by atoms with Gasteiger partial charge in [0.1, 0.15) is 11.4 Å². The molecule has 4 heterocycles. The van der Waals surface area contributed by atoms with Gasteiger partial charge in [0.15, 0.2) is 0 Å². The number of allylic oxidation sites excluding steroid dienone is 6. The fraction of sp³-hybridized carbons (Fsp3) is 0.453. The number of nitrogens with one attached hydrogen (secondary N) is 3. The lowest BCUT2D eigenvalue weighted by atomic mass is 9.59. The number of hydrogen-bond donors (Lipinski definition) is 4. The molecule has 5 aromatic carbocycles. The first-order valence-electron chi connectivity index (χ1n) is 37.9. The number of azo groups is 1. The van der Waals surface area contributed by atoms with Crippen molar-refractivity contribution in [2.75, 3.05) is 122 Å². The average molecular weight is 1420 g/mol. The van der Waals surface area contributed by atoms with E-state index in [1.54, 1.807) is 46.2 Å². The molecule has 12 rings (SSSR count). The van der Waals surface area contributed by atoms with E-state index in [-0.39, 0.29) is 96.3 Å². The van der Waals surface area contributed by atoms with Crippen molar-refractivity contribution in [2.45, 2.75) is 129 Å². The number of rotatable bonds is 31. The number of benzene rings is 5. The standard InChI is InChI=1S/C86H103N9O10/c1-8-95-75-55-72-70(54-69(75)58(2)56-85(95,3)4)80(71-53-63-21-15-42-93-43-16-24-68(82(63)93)81(71)86(72,5)6)66-22-12-13-23-67(66)84(101)92(7)41-17-26-77(97)87-38-35-59-27-34-73(76(96)52-59)91-90-65-32-30-62(31-33-65)83(100)89-40-45-103-47-49-105-51-50-104-48-46-102-44-37-78(98)88-39-36-79(99)94-57-64-20-10-9-18-60(64)28-29-61-19-11-14-25-74(61)94/h9-14,18-19,22-23,25,27,30-34,52-55,58,64,75,96H,8,15-17,20-21,24,26,35-51,56-57H2,1-7H3,(H,87,97)(H,88,98)(H,89,100). The van der Waals surface area contributed by atoms with Crippen LogP contribution in [-0.2, 0) is 58.0 Å². The Morgan fingerprint density at radius 2 is 1.46 bits per heavy atom. The van der Waals surface area contributed by atoms with Gasteiger partial charge in [0, 0.05) is 117 Å². The van der Waals surface area contributed by atoms with Gasteiger partial charge >= 0.3 is 0 Å². The smallest absolute Gasteiger partial charge is 0.254 e. The van der Waals surface area contributed by atoms with E-state index in [2.05, 4.69) is 126 Å². The molecule has 0 saturated carbocycles. The summed E-state index contributed by atoms with van der Waals surface area (Å²) in [5.41, 5.74) is 18.4. The van der Waals surface area contributed by atoms with E-state index in [9.17, 15) is 29.1 Å². The minimum absolute atomic E-state index is 0.0493. The third kappa shape index (κ3) is 17.8. The van der Waals surface area contributed by atoms with Crippen LogP contribution in [0.15, 0.2) is 160 Å². The first kappa shape index (κ1) is 75.4. The summed E-state index contributed by atoms with van der Waals surface area (Å²) in [4.78, 5) is 75.8. The minimum atomic E-state index is -0.265. The zero-order valence-electron chi connectivity index (χ0n) is 62.3. The molecule has 105 heavy (non-hydrogen) atoms. The summed E-state index contributed by atoms with van der Waals surface area (Å²) in [6, 6.07) is 30.4. The van der Waals surface area contributed by atoms with Gasteiger partial charge in [0.25, 0.3) is 11.8 Å². The Balaban J connectivity index is 0.518. The van der Waals surface area contributed by atoms with Crippen molar-refractivity contribution < 1.29 is 48.0 Å². The highest BCUT2D eigenvalue weighted by Crippen LogP contribution is 2.57. The van der Waals surface area contributed by atoms with Crippen LogP contribution in [0.25, 0.3) is 5.57 Å². The number of likely N-dealkylation sites (tertiary alicyclic amines) is 1. The third-order valence-electron chi connectivity index (χ3n) is 21.6. The van der Waals surface area contributed by atoms with Crippen molar-refractivity contribution in [2.24, 2.45) is 22.1 Å². The summed E-state index contributed by atoms with van der Waals surface area (Å²) in [7, 11) is 1.85. The zero-order chi connectivity index (χ0) is 73.6. The van der Waals surface area contributed by atoms with E-state index >= 15 is 0 Å². The summed E-state index contributed by atoms with van der Waals surface area (Å²) >= 11 is 0. The number of ether oxygens (including phenoxy) is 4. The Kier molecular flexibility index (Phi) is 25.0. The molecule has 5 amide bonds. The number of hydrogen-bond acceptors (Lipinski definition) is 14. The second kappa shape index (κ2) is 34.7. The summed E-state index contributed by atoms with van der Waals surface area (Å²) < 4.78 is 22.3. The van der Waals surface area contributed by atoms with Gasteiger partial charge in [-0.2, -0.15) is 5.11 Å². The Bertz CT molecular complexity index is 4300. The minimum Gasteiger partial charge on any atom is -0.506 e. The number of carbonyl (C=O) groups is 5. The lowest BCUT2D eigenvalue weighted by molar-refractivity contribution is -0.123. The van der Waals surface area contributed by atoms with Crippen LogP contribution >= 0.6 is 0 Å². The van der Waals surface area contributed by atoms with E-state index in [4.69, 9.17) is 18.9 Å². The zero-order valence-corrected chi connectivity index (χ0v) is 62.3. The van der Waals surface area contributed by atoms with Crippen molar-refractivity contribution in [1.82, 2.24) is 25.8 Å². The Labute approximate surface area is 619 Å². The molecule has 19 nitrogen and oxygen atoms in total. The van der Waals surface area contributed by atoms with Crippen molar-refractivity contribution in [3.05, 3.63) is 200 Å². The fourth-order valence-corrected chi connectivity index (χ4v) is 16.5. The van der Waals surface area contributed by atoms with Crippen molar-refractivity contribution in [3.63, 3.8) is 0 Å². The lowest BCUT2D eigenvalue weighted by Crippen LogP contribution is -2.56. The number of aryl methyl sites for hydroxylation is 1. The van der Waals surface area contributed by atoms with Crippen LogP contribution in [0.3, 0.4) is 0 Å². The molecule has 552 valence electrons. The SMILES string of the molecule is CCN1C2C=C3C(=C(c4ccccc4C(=O)N(C)CCCC(=O)NCCc4ccc(N=Nc5ccc(C(=O)NCCOCCOCCOCCOCCC(=O)NCCC(=O)N6CC7CC=CC=C7C#Cc7ccccc76)cc5)c(O)c4)c4cc5c6c(c4C3(C)C)CCCN6CCC5)C=C2C(C)CC1(C)C. The predicted molar refractivity (Wildman–Crippen MR) is 411 cm³/mol. The van der Waals surface area contributed by atoms with Gasteiger partial charge in [-0.15, -0.1) is 5.11 Å². The number of amides is 5. The maximum atomic E-state index is 14.9. The van der Waals surface area contributed by atoms with Gasteiger partial charge in [-0.1, -0.05) is 106 Å². The molecule has 0 bridgehead atoms. The second-order valence-electron chi connectivity index (χ2n) is 29.6. The molecule has 1 fully saturated rings. The molecule has 0 spiro atoms. The van der Waals surface area contributed by atoms with Gasteiger partial charge < -0.3 is 54.7 Å². The first-order chi connectivity index (χ1) is 50.9. The highest BCUT2D eigenvalue weighted by atomic mass is 16.6. The molecular formula is C86H103N9O10. The summed E-state index contributed by atoms with van der Waals surface area (Å²) in [6.45, 7) is 22.1. The number of para-hydroxylation sites is 1. The number of anilines is 2. The molecule has 4 aliphatic heterocycles. The van der Waals surface area contributed by atoms with Crippen molar-refractivity contribution >= 4 is 57.9 Å². The Morgan fingerprint density at radius 3 is 2.23 bits per heavy atom.